The summed E-state index contributed by atoms with van der Waals surface area (Å²) in [5.74, 6) is 1.80. The first-order chi connectivity index (χ1) is 9.25. The number of halogens is 1. The molecule has 2 aromatic rings. The van der Waals surface area contributed by atoms with Crippen LogP contribution in [0, 0.1) is 23.6 Å². The summed E-state index contributed by atoms with van der Waals surface area (Å²) in [7, 11) is 0. The van der Waals surface area contributed by atoms with E-state index in [-0.39, 0.29) is 11.4 Å². The third kappa shape index (κ3) is 1.71. The minimum Gasteiger partial charge on any atom is -0.455 e. The summed E-state index contributed by atoms with van der Waals surface area (Å²) >= 11 is 0. The molecule has 1 N–H and O–H groups in total. The van der Waals surface area contributed by atoms with E-state index in [2.05, 4.69) is 0 Å². The molecule has 1 aromatic heterocycles. The lowest BCUT2D eigenvalue weighted by Gasteiger charge is -2.06. The topological polar surface area (TPSA) is 33.4 Å². The van der Waals surface area contributed by atoms with Crippen LogP contribution in [0.4, 0.5) is 4.39 Å². The summed E-state index contributed by atoms with van der Waals surface area (Å²) in [4.78, 5) is 0. The summed E-state index contributed by atoms with van der Waals surface area (Å²) in [6.45, 7) is 0. The van der Waals surface area contributed by atoms with Crippen LogP contribution in [0.1, 0.15) is 37.5 Å². The molecular weight excluding hydrogens is 243 g/mol. The van der Waals surface area contributed by atoms with Gasteiger partial charge in [0, 0.05) is 5.39 Å². The quantitative estimate of drug-likeness (QED) is 0.884. The van der Waals surface area contributed by atoms with Crippen LogP contribution in [-0.4, -0.2) is 5.11 Å². The van der Waals surface area contributed by atoms with E-state index in [1.807, 2.05) is 6.07 Å². The van der Waals surface area contributed by atoms with Crippen LogP contribution in [0.25, 0.3) is 11.0 Å². The van der Waals surface area contributed by atoms with Gasteiger partial charge < -0.3 is 9.52 Å². The minimum atomic E-state index is -0.570. The second kappa shape index (κ2) is 4.07. The van der Waals surface area contributed by atoms with E-state index < -0.39 is 6.10 Å². The van der Waals surface area contributed by atoms with Crippen molar-refractivity contribution in [2.24, 2.45) is 17.8 Å². The molecule has 3 heteroatoms. The van der Waals surface area contributed by atoms with Crippen LogP contribution in [-0.2, 0) is 0 Å². The fourth-order valence-electron chi connectivity index (χ4n) is 3.90. The molecule has 1 heterocycles. The van der Waals surface area contributed by atoms with E-state index in [0.717, 1.165) is 5.39 Å². The average molecular weight is 260 g/mol. The van der Waals surface area contributed by atoms with Gasteiger partial charge in [0.15, 0.2) is 11.4 Å². The summed E-state index contributed by atoms with van der Waals surface area (Å²) < 4.78 is 19.1. The Morgan fingerprint density at radius 3 is 2.63 bits per heavy atom. The first-order valence-electron chi connectivity index (χ1n) is 7.12. The van der Waals surface area contributed by atoms with Gasteiger partial charge >= 0.3 is 0 Å². The molecular formula is C16H17FO2. The highest BCUT2D eigenvalue weighted by Crippen LogP contribution is 2.60. The Labute approximate surface area is 111 Å². The van der Waals surface area contributed by atoms with Crippen LogP contribution < -0.4 is 0 Å². The monoisotopic (exact) mass is 260 g/mol. The van der Waals surface area contributed by atoms with Gasteiger partial charge in [0.05, 0.1) is 0 Å². The Morgan fingerprint density at radius 2 is 1.95 bits per heavy atom. The van der Waals surface area contributed by atoms with Crippen LogP contribution >= 0.6 is 0 Å². The van der Waals surface area contributed by atoms with E-state index in [1.165, 1.54) is 31.7 Å². The molecule has 4 rings (SSSR count). The summed E-state index contributed by atoms with van der Waals surface area (Å²) in [6.07, 6.45) is 4.43. The van der Waals surface area contributed by atoms with Crippen molar-refractivity contribution in [1.29, 1.82) is 0 Å². The van der Waals surface area contributed by atoms with E-state index in [4.69, 9.17) is 4.42 Å². The van der Waals surface area contributed by atoms with E-state index in [0.29, 0.717) is 23.5 Å². The lowest BCUT2D eigenvalue weighted by Crippen LogP contribution is -2.00. The zero-order chi connectivity index (χ0) is 13.0. The number of benzene rings is 1. The maximum absolute atomic E-state index is 13.6. The number of aliphatic hydroxyl groups is 1. The molecule has 0 bridgehead atoms. The molecule has 0 aliphatic heterocycles. The molecule has 1 aromatic carbocycles. The van der Waals surface area contributed by atoms with Gasteiger partial charge in [-0.2, -0.15) is 0 Å². The van der Waals surface area contributed by atoms with Gasteiger partial charge in [-0.3, -0.25) is 0 Å². The lowest BCUT2D eigenvalue weighted by molar-refractivity contribution is 0.118. The lowest BCUT2D eigenvalue weighted by atomic mass is 10.0. The molecule has 0 saturated heterocycles. The number of para-hydroxylation sites is 1. The van der Waals surface area contributed by atoms with E-state index in [9.17, 15) is 9.50 Å². The minimum absolute atomic E-state index is 0.264. The highest BCUT2D eigenvalue weighted by Gasteiger charge is 2.54. The first-order valence-corrected chi connectivity index (χ1v) is 7.12. The number of hydrogen-bond acceptors (Lipinski definition) is 2. The van der Waals surface area contributed by atoms with Crippen LogP contribution in [0.5, 0.6) is 0 Å². The molecule has 2 fully saturated rings. The fourth-order valence-corrected chi connectivity index (χ4v) is 3.90. The third-order valence-corrected chi connectivity index (χ3v) is 4.89. The number of rotatable bonds is 2. The zero-order valence-corrected chi connectivity index (χ0v) is 10.7. The summed E-state index contributed by atoms with van der Waals surface area (Å²) in [6, 6.07) is 6.66. The van der Waals surface area contributed by atoms with Crippen LogP contribution in [0.2, 0.25) is 0 Å². The predicted octanol–water partition coefficient (Wildman–Crippen LogP) is 4.04. The average Bonchev–Trinajstić information content (AvgIpc) is 2.98. The largest absolute Gasteiger partial charge is 0.455 e. The normalized spacial score (nSPS) is 31.2. The second-order valence-corrected chi connectivity index (χ2v) is 5.94. The van der Waals surface area contributed by atoms with Crippen molar-refractivity contribution in [3.8, 4) is 0 Å². The molecule has 2 nitrogen and oxygen atoms in total. The Morgan fingerprint density at radius 1 is 1.21 bits per heavy atom. The molecule has 19 heavy (non-hydrogen) atoms. The number of aliphatic hydroxyl groups excluding tert-OH is 1. The Bertz CT molecular complexity index is 606. The summed E-state index contributed by atoms with van der Waals surface area (Å²) in [5.41, 5.74) is 0.264. The molecule has 0 radical (unpaired) electrons. The number of hydrogen-bond donors (Lipinski definition) is 1. The Kier molecular flexibility index (Phi) is 2.46. The third-order valence-electron chi connectivity index (χ3n) is 4.89. The molecule has 100 valence electrons. The van der Waals surface area contributed by atoms with Crippen molar-refractivity contribution in [2.45, 2.75) is 31.8 Å². The van der Waals surface area contributed by atoms with Crippen LogP contribution in [0.15, 0.2) is 28.7 Å². The van der Waals surface area contributed by atoms with Crippen molar-refractivity contribution in [2.75, 3.05) is 0 Å². The summed E-state index contributed by atoms with van der Waals surface area (Å²) in [5, 5.41) is 11.2. The highest BCUT2D eigenvalue weighted by atomic mass is 19.1. The van der Waals surface area contributed by atoms with Crippen molar-refractivity contribution in [3.05, 3.63) is 35.8 Å². The van der Waals surface area contributed by atoms with Crippen LogP contribution in [0.3, 0.4) is 0 Å². The van der Waals surface area contributed by atoms with Gasteiger partial charge in [-0.1, -0.05) is 25.0 Å². The van der Waals surface area contributed by atoms with Crippen molar-refractivity contribution >= 4 is 11.0 Å². The van der Waals surface area contributed by atoms with Gasteiger partial charge in [0.25, 0.3) is 0 Å². The zero-order valence-electron chi connectivity index (χ0n) is 10.7. The Balaban J connectivity index is 1.65. The van der Waals surface area contributed by atoms with E-state index in [1.54, 1.807) is 12.1 Å². The molecule has 3 unspecified atom stereocenters. The SMILES string of the molecule is OC(c1cc2cccc(F)c2o1)C1C2CCCCC21. The Hall–Kier alpha value is -1.35. The predicted molar refractivity (Wildman–Crippen MR) is 70.1 cm³/mol. The van der Waals surface area contributed by atoms with Gasteiger partial charge in [-0.05, 0) is 42.7 Å². The van der Waals surface area contributed by atoms with Gasteiger partial charge in [0.1, 0.15) is 11.9 Å². The van der Waals surface area contributed by atoms with Crippen molar-refractivity contribution in [1.82, 2.24) is 0 Å². The smallest absolute Gasteiger partial charge is 0.170 e. The van der Waals surface area contributed by atoms with Gasteiger partial charge in [-0.25, -0.2) is 4.39 Å². The fraction of sp³-hybridized carbons (Fsp3) is 0.500. The van der Waals surface area contributed by atoms with Gasteiger partial charge in [0.2, 0.25) is 0 Å². The standard InChI is InChI=1S/C16H17FO2/c17-12-7-3-4-9-8-13(19-16(9)12)15(18)14-10-5-1-2-6-11(10)14/h3-4,7-8,10-11,14-15,18H,1-2,5-6H2. The first kappa shape index (κ1) is 11.5. The second-order valence-electron chi connectivity index (χ2n) is 5.94. The molecule has 2 aliphatic rings. The van der Waals surface area contributed by atoms with Crippen molar-refractivity contribution in [3.63, 3.8) is 0 Å². The number of fused-ring (bicyclic) bond motifs is 2. The maximum Gasteiger partial charge on any atom is 0.170 e. The van der Waals surface area contributed by atoms with Crippen molar-refractivity contribution < 1.29 is 13.9 Å². The molecule has 2 saturated carbocycles. The molecule has 3 atom stereocenters. The molecule has 0 spiro atoms. The van der Waals surface area contributed by atoms with E-state index >= 15 is 0 Å². The molecule has 0 amide bonds. The van der Waals surface area contributed by atoms with Gasteiger partial charge in [-0.15, -0.1) is 0 Å². The maximum atomic E-state index is 13.6. The highest BCUT2D eigenvalue weighted by molar-refractivity contribution is 5.78. The number of furan rings is 1. The molecule has 2 aliphatic carbocycles.